The van der Waals surface area contributed by atoms with Crippen molar-refractivity contribution in [3.8, 4) is 5.75 Å². The Morgan fingerprint density at radius 3 is 2.65 bits per heavy atom. The van der Waals surface area contributed by atoms with E-state index in [9.17, 15) is 4.79 Å². The van der Waals surface area contributed by atoms with E-state index in [4.69, 9.17) is 18.9 Å². The molecule has 1 aromatic carbocycles. The highest BCUT2D eigenvalue weighted by molar-refractivity contribution is 5.92. The van der Waals surface area contributed by atoms with E-state index >= 15 is 0 Å². The highest BCUT2D eigenvalue weighted by Crippen LogP contribution is 2.46. The second-order valence-electron chi connectivity index (χ2n) is 6.96. The van der Waals surface area contributed by atoms with Gasteiger partial charge in [-0.25, -0.2) is 0 Å². The molecule has 1 fully saturated rings. The summed E-state index contributed by atoms with van der Waals surface area (Å²) in [5.41, 5.74) is 2.08. The van der Waals surface area contributed by atoms with Crippen LogP contribution in [0.3, 0.4) is 0 Å². The molecule has 6 heteroatoms. The largest absolute Gasteiger partial charge is 0.496 e. The molecule has 0 N–H and O–H groups in total. The molecular weight excluding hydrogens is 334 g/mol. The molecule has 1 aromatic rings. The third-order valence-electron chi connectivity index (χ3n) is 5.56. The van der Waals surface area contributed by atoms with Crippen LogP contribution in [0.5, 0.6) is 5.75 Å². The lowest BCUT2D eigenvalue weighted by Gasteiger charge is -2.45. The van der Waals surface area contributed by atoms with E-state index in [0.29, 0.717) is 44.4 Å². The predicted octanol–water partition coefficient (Wildman–Crippen LogP) is 2.36. The maximum Gasteiger partial charge on any atom is 0.292 e. The van der Waals surface area contributed by atoms with Crippen LogP contribution in [0.25, 0.3) is 0 Å². The Morgan fingerprint density at radius 1 is 1.15 bits per heavy atom. The minimum absolute atomic E-state index is 0.0897. The summed E-state index contributed by atoms with van der Waals surface area (Å²) in [6, 6.07) is 6.18. The van der Waals surface area contributed by atoms with E-state index in [0.717, 1.165) is 30.6 Å². The van der Waals surface area contributed by atoms with E-state index in [1.807, 2.05) is 17.0 Å². The summed E-state index contributed by atoms with van der Waals surface area (Å²) in [5.74, 6) is 1.70. The summed E-state index contributed by atoms with van der Waals surface area (Å²) in [6.07, 6.45) is 2.40. The van der Waals surface area contributed by atoms with Gasteiger partial charge in [-0.05, 0) is 37.8 Å². The lowest BCUT2D eigenvalue weighted by molar-refractivity contribution is -0.142. The standard InChI is InChI=1S/C20H25NO5/c1-14-18(25-13-12-24-14)19(22)21-9-7-20(8-10-21)17-15(6-11-26-20)4-3-5-16(17)23-2/h3-5H,6-13H2,1-2H3. The number of carbonyl (C=O) groups is 1. The van der Waals surface area contributed by atoms with Crippen molar-refractivity contribution in [1.29, 1.82) is 0 Å². The van der Waals surface area contributed by atoms with Crippen LogP contribution in [-0.2, 0) is 31.0 Å². The SMILES string of the molecule is COc1cccc2c1C1(CCN(C(=O)C3=C(C)OCCO3)CC1)OCC2. The summed E-state index contributed by atoms with van der Waals surface area (Å²) in [7, 11) is 1.70. The number of nitrogens with zero attached hydrogens (tertiary/aromatic N) is 1. The maximum atomic E-state index is 12.8. The number of hydrogen-bond acceptors (Lipinski definition) is 5. The zero-order valence-electron chi connectivity index (χ0n) is 15.4. The summed E-state index contributed by atoms with van der Waals surface area (Å²) in [6.45, 7) is 4.64. The number of piperidine rings is 1. The van der Waals surface area contributed by atoms with Crippen LogP contribution < -0.4 is 4.74 Å². The minimum atomic E-state index is -0.371. The Kier molecular flexibility index (Phi) is 4.53. The molecule has 0 unspecified atom stereocenters. The van der Waals surface area contributed by atoms with Gasteiger partial charge in [0.25, 0.3) is 5.91 Å². The third-order valence-corrected chi connectivity index (χ3v) is 5.56. The molecule has 3 aliphatic heterocycles. The summed E-state index contributed by atoms with van der Waals surface area (Å²) in [5, 5.41) is 0. The number of allylic oxidation sites excluding steroid dienone is 1. The van der Waals surface area contributed by atoms with Gasteiger partial charge in [0.05, 0.1) is 13.7 Å². The first-order valence-corrected chi connectivity index (χ1v) is 9.21. The molecule has 0 saturated carbocycles. The van der Waals surface area contributed by atoms with Gasteiger partial charge in [-0.1, -0.05) is 12.1 Å². The van der Waals surface area contributed by atoms with Gasteiger partial charge in [-0.2, -0.15) is 0 Å². The molecule has 3 heterocycles. The molecule has 3 aliphatic rings. The van der Waals surface area contributed by atoms with Crippen molar-refractivity contribution in [2.45, 2.75) is 31.8 Å². The van der Waals surface area contributed by atoms with Crippen LogP contribution >= 0.6 is 0 Å². The summed E-state index contributed by atoms with van der Waals surface area (Å²) in [4.78, 5) is 14.6. The summed E-state index contributed by atoms with van der Waals surface area (Å²) >= 11 is 0. The van der Waals surface area contributed by atoms with Crippen molar-refractivity contribution >= 4 is 5.91 Å². The molecule has 1 spiro atoms. The number of rotatable bonds is 2. The normalized spacial score (nSPS) is 21.7. The first-order chi connectivity index (χ1) is 12.6. The number of methoxy groups -OCH3 is 1. The Balaban J connectivity index is 1.55. The van der Waals surface area contributed by atoms with E-state index in [2.05, 4.69) is 6.07 Å². The fourth-order valence-electron chi connectivity index (χ4n) is 4.23. The molecule has 140 valence electrons. The number of fused-ring (bicyclic) bond motifs is 2. The second kappa shape index (κ2) is 6.83. The van der Waals surface area contributed by atoms with Gasteiger partial charge in [0.15, 0.2) is 0 Å². The van der Waals surface area contributed by atoms with E-state index in [1.165, 1.54) is 5.56 Å². The Hall–Kier alpha value is -2.21. The van der Waals surface area contributed by atoms with Crippen molar-refractivity contribution in [2.24, 2.45) is 0 Å². The average Bonchev–Trinajstić information content (AvgIpc) is 2.68. The van der Waals surface area contributed by atoms with Gasteiger partial charge in [0.2, 0.25) is 5.76 Å². The smallest absolute Gasteiger partial charge is 0.292 e. The molecule has 0 aromatic heterocycles. The zero-order chi connectivity index (χ0) is 18.1. The fraction of sp³-hybridized carbons (Fsp3) is 0.550. The van der Waals surface area contributed by atoms with Crippen molar-refractivity contribution in [1.82, 2.24) is 4.90 Å². The van der Waals surface area contributed by atoms with E-state index in [-0.39, 0.29) is 11.5 Å². The van der Waals surface area contributed by atoms with Crippen LogP contribution in [0.15, 0.2) is 29.7 Å². The number of ether oxygens (including phenoxy) is 4. The number of hydrogen-bond donors (Lipinski definition) is 0. The molecule has 6 nitrogen and oxygen atoms in total. The van der Waals surface area contributed by atoms with Crippen molar-refractivity contribution in [3.63, 3.8) is 0 Å². The zero-order valence-corrected chi connectivity index (χ0v) is 15.4. The first-order valence-electron chi connectivity index (χ1n) is 9.21. The fourth-order valence-corrected chi connectivity index (χ4v) is 4.23. The number of likely N-dealkylation sites (tertiary alicyclic amines) is 1. The van der Waals surface area contributed by atoms with Crippen LogP contribution in [0.2, 0.25) is 0 Å². The third kappa shape index (κ3) is 2.82. The van der Waals surface area contributed by atoms with Crippen LogP contribution in [-0.4, -0.2) is 50.8 Å². The van der Waals surface area contributed by atoms with E-state index in [1.54, 1.807) is 14.0 Å². The maximum absolute atomic E-state index is 12.8. The van der Waals surface area contributed by atoms with E-state index < -0.39 is 0 Å². The van der Waals surface area contributed by atoms with Crippen molar-refractivity contribution in [3.05, 3.63) is 40.8 Å². The minimum Gasteiger partial charge on any atom is -0.496 e. The number of carbonyl (C=O) groups excluding carboxylic acids is 1. The molecule has 1 amide bonds. The number of amides is 1. The van der Waals surface area contributed by atoms with Gasteiger partial charge in [0, 0.05) is 18.7 Å². The predicted molar refractivity (Wildman–Crippen MR) is 94.7 cm³/mol. The lowest BCUT2D eigenvalue weighted by atomic mass is 9.78. The average molecular weight is 359 g/mol. The van der Waals surface area contributed by atoms with Crippen LogP contribution in [0.4, 0.5) is 0 Å². The second-order valence-corrected chi connectivity index (χ2v) is 6.96. The topological polar surface area (TPSA) is 57.2 Å². The first kappa shape index (κ1) is 17.2. The Labute approximate surface area is 153 Å². The quantitative estimate of drug-likeness (QED) is 0.811. The van der Waals surface area contributed by atoms with Crippen molar-refractivity contribution in [2.75, 3.05) is 40.0 Å². The molecular formula is C20H25NO5. The van der Waals surface area contributed by atoms with Crippen LogP contribution in [0.1, 0.15) is 30.9 Å². The van der Waals surface area contributed by atoms with Gasteiger partial charge >= 0.3 is 0 Å². The number of benzene rings is 1. The van der Waals surface area contributed by atoms with Gasteiger partial charge in [-0.15, -0.1) is 0 Å². The van der Waals surface area contributed by atoms with Gasteiger partial charge in [0.1, 0.15) is 30.3 Å². The van der Waals surface area contributed by atoms with Gasteiger partial charge < -0.3 is 23.8 Å². The molecule has 0 radical (unpaired) electrons. The lowest BCUT2D eigenvalue weighted by Crippen LogP contribution is -2.49. The molecule has 0 aliphatic carbocycles. The Morgan fingerprint density at radius 2 is 1.92 bits per heavy atom. The van der Waals surface area contributed by atoms with Crippen molar-refractivity contribution < 1.29 is 23.7 Å². The highest BCUT2D eigenvalue weighted by Gasteiger charge is 2.44. The molecule has 26 heavy (non-hydrogen) atoms. The monoisotopic (exact) mass is 359 g/mol. The molecule has 0 atom stereocenters. The Bertz CT molecular complexity index is 719. The summed E-state index contributed by atoms with van der Waals surface area (Å²) < 4.78 is 22.9. The highest BCUT2D eigenvalue weighted by atomic mass is 16.6. The van der Waals surface area contributed by atoms with Crippen LogP contribution in [0, 0.1) is 0 Å². The molecule has 4 rings (SSSR count). The van der Waals surface area contributed by atoms with Gasteiger partial charge in [-0.3, -0.25) is 4.79 Å². The molecule has 0 bridgehead atoms. The molecule has 1 saturated heterocycles.